The fraction of sp³-hybridized carbons (Fsp3) is 0.263. The molecule has 0 saturated heterocycles. The molecule has 2 amide bonds. The first-order valence-corrected chi connectivity index (χ1v) is 12.0. The van der Waals surface area contributed by atoms with Gasteiger partial charge in [0.2, 0.25) is 16.2 Å². The molecule has 12 nitrogen and oxygen atoms in total. The maximum Gasteiger partial charge on any atom is 0.272 e. The Labute approximate surface area is 220 Å². The van der Waals surface area contributed by atoms with E-state index in [1.165, 1.54) is 0 Å². The Morgan fingerprint density at radius 3 is 2.69 bits per heavy atom. The molecule has 0 radical (unpaired) electrons. The van der Waals surface area contributed by atoms with E-state index in [0.717, 1.165) is 27.5 Å². The second-order valence-electron chi connectivity index (χ2n) is 7.36. The lowest BCUT2D eigenvalue weighted by Crippen LogP contribution is -2.50. The zero-order chi connectivity index (χ0) is 25.7. The summed E-state index contributed by atoms with van der Waals surface area (Å²) in [5.41, 5.74) is 16.1. The van der Waals surface area contributed by atoms with E-state index in [0.29, 0.717) is 21.6 Å². The summed E-state index contributed by atoms with van der Waals surface area (Å²) in [6, 6.07) is 4.66. The Morgan fingerprint density at radius 1 is 1.31 bits per heavy atom. The summed E-state index contributed by atoms with van der Waals surface area (Å²) in [4.78, 5) is 25.1. The molecule has 16 heteroatoms. The van der Waals surface area contributed by atoms with E-state index in [1.54, 1.807) is 19.1 Å². The molecule has 1 atom stereocenters. The van der Waals surface area contributed by atoms with E-state index in [9.17, 15) is 9.59 Å². The van der Waals surface area contributed by atoms with E-state index >= 15 is 0 Å². The second-order valence-corrected chi connectivity index (χ2v) is 9.60. The molecule has 1 aliphatic heterocycles. The highest BCUT2D eigenvalue weighted by molar-refractivity contribution is 7.80. The van der Waals surface area contributed by atoms with Crippen molar-refractivity contribution in [2.24, 2.45) is 21.7 Å². The summed E-state index contributed by atoms with van der Waals surface area (Å²) >= 11 is 16.9. The van der Waals surface area contributed by atoms with Crippen molar-refractivity contribution >= 4 is 91.1 Å². The van der Waals surface area contributed by atoms with Crippen LogP contribution >= 0.6 is 47.4 Å². The molecular formula is C19H21ClN10O2S3. The highest BCUT2D eigenvalue weighted by Gasteiger charge is 2.33. The van der Waals surface area contributed by atoms with Crippen molar-refractivity contribution in [2.45, 2.75) is 32.7 Å². The van der Waals surface area contributed by atoms with Crippen molar-refractivity contribution in [3.05, 3.63) is 34.3 Å². The van der Waals surface area contributed by atoms with Crippen LogP contribution < -0.4 is 27.5 Å². The van der Waals surface area contributed by atoms with Crippen LogP contribution in [0, 0.1) is 6.92 Å². The maximum atomic E-state index is 12.9. The van der Waals surface area contributed by atoms with Gasteiger partial charge in [-0.05, 0) is 61.5 Å². The highest BCUT2D eigenvalue weighted by Crippen LogP contribution is 2.25. The van der Waals surface area contributed by atoms with Gasteiger partial charge in [0, 0.05) is 17.2 Å². The molecule has 2 heterocycles. The van der Waals surface area contributed by atoms with Crippen molar-refractivity contribution in [2.75, 3.05) is 10.6 Å². The molecule has 1 unspecified atom stereocenters. The quantitative estimate of drug-likeness (QED) is 0.193. The number of carbonyl (C=O) groups is 2. The number of hydrazone groups is 2. The van der Waals surface area contributed by atoms with E-state index in [1.807, 2.05) is 13.0 Å². The number of nitrogens with zero attached hydrogens (tertiary/aromatic N) is 5. The predicted molar refractivity (Wildman–Crippen MR) is 145 cm³/mol. The number of thiocarbonyl (C=S) groups is 2. The van der Waals surface area contributed by atoms with Crippen molar-refractivity contribution in [3.8, 4) is 0 Å². The Kier molecular flexibility index (Phi) is 8.61. The van der Waals surface area contributed by atoms with Gasteiger partial charge in [-0.2, -0.15) is 15.2 Å². The number of hydrogen-bond acceptors (Lipinski definition) is 10. The van der Waals surface area contributed by atoms with Crippen molar-refractivity contribution in [1.29, 1.82) is 0 Å². The number of carbonyl (C=O) groups excluding carboxylic acids is 2. The summed E-state index contributed by atoms with van der Waals surface area (Å²) in [5.74, 6) is -0.801. The minimum absolute atomic E-state index is 0.00443. The van der Waals surface area contributed by atoms with Gasteiger partial charge in [-0.15, -0.1) is 10.2 Å². The summed E-state index contributed by atoms with van der Waals surface area (Å²) in [7, 11) is 0. The number of aromatic nitrogens is 2. The van der Waals surface area contributed by atoms with E-state index in [-0.39, 0.29) is 34.1 Å². The molecule has 1 aliphatic rings. The molecule has 1 aromatic carbocycles. The second kappa shape index (κ2) is 11.4. The average Bonchev–Trinajstić information content (AvgIpc) is 3.21. The third kappa shape index (κ3) is 7.11. The Morgan fingerprint density at radius 2 is 2.03 bits per heavy atom. The van der Waals surface area contributed by atoms with Crippen LogP contribution in [-0.4, -0.2) is 54.7 Å². The topological polar surface area (TPSA) is 176 Å². The number of halogens is 1. The van der Waals surface area contributed by atoms with Gasteiger partial charge in [0.15, 0.2) is 10.2 Å². The zero-order valence-electron chi connectivity index (χ0n) is 18.5. The van der Waals surface area contributed by atoms with Gasteiger partial charge < -0.3 is 22.1 Å². The maximum absolute atomic E-state index is 12.9. The average molecular weight is 553 g/mol. The lowest BCUT2D eigenvalue weighted by Gasteiger charge is -2.28. The first-order valence-electron chi connectivity index (χ1n) is 9.99. The van der Waals surface area contributed by atoms with Gasteiger partial charge in [-0.1, -0.05) is 29.0 Å². The molecule has 0 saturated carbocycles. The summed E-state index contributed by atoms with van der Waals surface area (Å²) in [6.07, 6.45) is 0.230. The Bertz CT molecular complexity index is 1250. The minimum atomic E-state index is -0.767. The molecule has 184 valence electrons. The zero-order valence-corrected chi connectivity index (χ0v) is 21.7. The van der Waals surface area contributed by atoms with Gasteiger partial charge >= 0.3 is 0 Å². The van der Waals surface area contributed by atoms with Crippen molar-refractivity contribution in [1.82, 2.24) is 20.6 Å². The number of rotatable bonds is 7. The lowest BCUT2D eigenvalue weighted by molar-refractivity contribution is -0.128. The highest BCUT2D eigenvalue weighted by atomic mass is 35.5. The van der Waals surface area contributed by atoms with Crippen LogP contribution in [0.1, 0.15) is 30.9 Å². The van der Waals surface area contributed by atoms with Crippen LogP contribution in [-0.2, 0) is 9.59 Å². The SMILES string of the molecule is CC(CC(=O)Nc1nnc(NC2CC(c3ccc(Cl)c(C)c3)=NN(C(N)=S)C2=O)s1)=NNC(N)=S. The first kappa shape index (κ1) is 26.3. The van der Waals surface area contributed by atoms with Crippen LogP contribution in [0.3, 0.4) is 0 Å². The molecule has 3 rings (SSSR count). The number of hydrogen-bond donors (Lipinski definition) is 5. The third-order valence-corrected chi connectivity index (χ3v) is 6.03. The fourth-order valence-electron chi connectivity index (χ4n) is 2.98. The van der Waals surface area contributed by atoms with Crippen molar-refractivity contribution < 1.29 is 9.59 Å². The van der Waals surface area contributed by atoms with E-state index in [2.05, 4.69) is 48.7 Å². The number of amides is 2. The van der Waals surface area contributed by atoms with Crippen LogP contribution in [0.2, 0.25) is 5.02 Å². The normalized spacial score (nSPS) is 15.9. The van der Waals surface area contributed by atoms with Gasteiger partial charge in [0.1, 0.15) is 6.04 Å². The summed E-state index contributed by atoms with van der Waals surface area (Å²) in [5, 5.41) is 23.7. The monoisotopic (exact) mass is 552 g/mol. The van der Waals surface area contributed by atoms with Gasteiger partial charge in [-0.25, -0.2) is 0 Å². The fourth-order valence-corrected chi connectivity index (χ4v) is 3.98. The predicted octanol–water partition coefficient (Wildman–Crippen LogP) is 1.70. The number of nitrogens with one attached hydrogen (secondary N) is 3. The molecule has 1 aromatic heterocycles. The van der Waals surface area contributed by atoms with Gasteiger partial charge in [0.05, 0.1) is 12.1 Å². The van der Waals surface area contributed by atoms with Gasteiger partial charge in [0.25, 0.3) is 5.91 Å². The molecule has 2 aromatic rings. The number of aryl methyl sites for hydroxylation is 1. The smallest absolute Gasteiger partial charge is 0.272 e. The Hall–Kier alpha value is -3.27. The molecule has 35 heavy (non-hydrogen) atoms. The molecular weight excluding hydrogens is 532 g/mol. The summed E-state index contributed by atoms with van der Waals surface area (Å²) < 4.78 is 0. The molecule has 0 bridgehead atoms. The molecule has 0 aliphatic carbocycles. The number of nitrogens with two attached hydrogens (primary N) is 2. The number of anilines is 2. The largest absolute Gasteiger partial charge is 0.375 e. The standard InChI is InChI=1S/C19H21ClN10O2S3/c1-8-5-10(3-4-11(8)20)12-7-13(15(32)30(29-12)17(22)34)23-18-27-28-19(35-18)24-14(31)6-9(2)25-26-16(21)33/h3-5,13H,6-7H2,1-2H3,(H2,22,34)(H,23,27)(H3,21,26,33)(H,24,28,31). The molecule has 0 spiro atoms. The number of benzene rings is 1. The van der Waals surface area contributed by atoms with Crippen molar-refractivity contribution in [3.63, 3.8) is 0 Å². The minimum Gasteiger partial charge on any atom is -0.375 e. The first-order chi connectivity index (χ1) is 16.5. The van der Waals surface area contributed by atoms with Gasteiger partial charge in [-0.3, -0.25) is 15.0 Å². The third-order valence-electron chi connectivity index (χ3n) is 4.57. The van der Waals surface area contributed by atoms with Crippen LogP contribution in [0.15, 0.2) is 28.4 Å². The van der Waals surface area contributed by atoms with Crippen LogP contribution in [0.25, 0.3) is 0 Å². The summed E-state index contributed by atoms with van der Waals surface area (Å²) in [6.45, 7) is 3.51. The van der Waals surface area contributed by atoms with E-state index in [4.69, 9.17) is 35.3 Å². The van der Waals surface area contributed by atoms with Crippen LogP contribution in [0.5, 0.6) is 0 Å². The lowest BCUT2D eigenvalue weighted by atomic mass is 9.99. The molecule has 0 fully saturated rings. The van der Waals surface area contributed by atoms with Crippen LogP contribution in [0.4, 0.5) is 10.3 Å². The molecule has 7 N–H and O–H groups in total. The Balaban J connectivity index is 1.71. The van der Waals surface area contributed by atoms with E-state index < -0.39 is 11.9 Å².